The normalized spacial score (nSPS) is 22.9. The zero-order valence-corrected chi connectivity index (χ0v) is 11.7. The second-order valence-corrected chi connectivity index (χ2v) is 6.28. The van der Waals surface area contributed by atoms with Crippen LogP contribution < -0.4 is 5.32 Å². The largest absolute Gasteiger partial charge is 0.480 e. The molecule has 0 aromatic carbocycles. The van der Waals surface area contributed by atoms with E-state index in [0.717, 1.165) is 0 Å². The molecule has 1 saturated heterocycles. The zero-order valence-electron chi connectivity index (χ0n) is 10.9. The molecule has 0 spiro atoms. The molecule has 0 radical (unpaired) electrons. The fourth-order valence-electron chi connectivity index (χ4n) is 1.81. The number of carbonyl (C=O) groups excluding carboxylic acids is 2. The fourth-order valence-corrected chi connectivity index (χ4v) is 3.13. The van der Waals surface area contributed by atoms with Crippen molar-refractivity contribution in [1.29, 1.82) is 0 Å². The maximum Gasteiger partial charge on any atom is 0.329 e. The number of imide groups is 1. The number of rotatable bonds is 4. The van der Waals surface area contributed by atoms with Crippen LogP contribution in [-0.2, 0) is 14.3 Å². The number of aliphatic carboxylic acids is 1. The van der Waals surface area contributed by atoms with E-state index < -0.39 is 31.1 Å². The Morgan fingerprint density at radius 1 is 1.26 bits per heavy atom. The van der Waals surface area contributed by atoms with Gasteiger partial charge in [-0.1, -0.05) is 13.8 Å². The van der Waals surface area contributed by atoms with Crippen molar-refractivity contribution in [3.63, 3.8) is 0 Å². The molecule has 19 heavy (non-hydrogen) atoms. The minimum absolute atomic E-state index is 0.327. The molecule has 2 N–H and O–H groups in total. The first-order valence-corrected chi connectivity index (χ1v) is 6.86. The molecule has 0 aliphatic carbocycles. The van der Waals surface area contributed by atoms with Gasteiger partial charge in [0.1, 0.15) is 13.2 Å². The molecule has 0 bridgehead atoms. The van der Waals surface area contributed by atoms with E-state index in [1.165, 1.54) is 0 Å². The first-order chi connectivity index (χ1) is 8.88. The number of nitrogens with zero attached hydrogens (tertiary/aromatic N) is 1. The number of nitrogens with one attached hydrogen (secondary N) is 1. The number of carbonyl (C=O) groups is 3. The van der Waals surface area contributed by atoms with E-state index in [1.807, 2.05) is 13.8 Å². The van der Waals surface area contributed by atoms with Crippen LogP contribution in [0.1, 0.15) is 13.8 Å². The summed E-state index contributed by atoms with van der Waals surface area (Å²) in [6.07, 6.45) is 0. The summed E-state index contributed by atoms with van der Waals surface area (Å²) >= 11 is 1.80. The van der Waals surface area contributed by atoms with E-state index in [9.17, 15) is 14.4 Å². The Morgan fingerprint density at radius 3 is 2.37 bits per heavy atom. The van der Waals surface area contributed by atoms with Crippen molar-refractivity contribution in [2.45, 2.75) is 24.3 Å². The number of hydrogen-bond acceptors (Lipinski definition) is 5. The van der Waals surface area contributed by atoms with Gasteiger partial charge in [-0.2, -0.15) is 11.8 Å². The van der Waals surface area contributed by atoms with Gasteiger partial charge in [-0.25, -0.2) is 9.59 Å². The molecule has 1 rings (SSSR count). The summed E-state index contributed by atoms with van der Waals surface area (Å²) in [5.74, 6) is -1.79. The van der Waals surface area contributed by atoms with Crippen LogP contribution in [0.2, 0.25) is 0 Å². The summed E-state index contributed by atoms with van der Waals surface area (Å²) in [6, 6.07) is -0.456. The smallest absolute Gasteiger partial charge is 0.329 e. The van der Waals surface area contributed by atoms with Crippen LogP contribution in [-0.4, -0.2) is 64.7 Å². The maximum absolute atomic E-state index is 11.8. The third-order valence-corrected chi connectivity index (χ3v) is 3.64. The highest BCUT2D eigenvalue weighted by atomic mass is 32.2. The van der Waals surface area contributed by atoms with Crippen molar-refractivity contribution in [1.82, 2.24) is 10.2 Å². The highest BCUT2D eigenvalue weighted by molar-refractivity contribution is 8.00. The molecule has 1 fully saturated rings. The lowest BCUT2D eigenvalue weighted by molar-refractivity contribution is -0.143. The van der Waals surface area contributed by atoms with Gasteiger partial charge >= 0.3 is 12.0 Å². The SMILES string of the molecule is CC1CN(C(=O)NC(=O)COCC(=O)O)CC(C)S1. The van der Waals surface area contributed by atoms with E-state index in [4.69, 9.17) is 5.11 Å². The summed E-state index contributed by atoms with van der Waals surface area (Å²) < 4.78 is 4.60. The van der Waals surface area contributed by atoms with Gasteiger partial charge < -0.3 is 14.7 Å². The molecule has 8 heteroatoms. The predicted octanol–water partition coefficient (Wildman–Crippen LogP) is 0.150. The Balaban J connectivity index is 2.33. The Labute approximate surface area is 115 Å². The molecule has 108 valence electrons. The van der Waals surface area contributed by atoms with Crippen LogP contribution in [0, 0.1) is 0 Å². The molecule has 1 aliphatic heterocycles. The van der Waals surface area contributed by atoms with Gasteiger partial charge in [0, 0.05) is 23.6 Å². The average Bonchev–Trinajstić information content (AvgIpc) is 2.26. The van der Waals surface area contributed by atoms with Crippen molar-refractivity contribution < 1.29 is 24.2 Å². The quantitative estimate of drug-likeness (QED) is 0.765. The van der Waals surface area contributed by atoms with E-state index >= 15 is 0 Å². The minimum Gasteiger partial charge on any atom is -0.480 e. The van der Waals surface area contributed by atoms with E-state index in [2.05, 4.69) is 10.1 Å². The molecule has 2 atom stereocenters. The lowest BCUT2D eigenvalue weighted by Gasteiger charge is -2.34. The summed E-state index contributed by atoms with van der Waals surface area (Å²) in [5, 5.41) is 11.2. The number of thioether (sulfide) groups is 1. The molecule has 0 aromatic heterocycles. The molecular formula is C11H18N2O5S. The zero-order chi connectivity index (χ0) is 14.4. The maximum atomic E-state index is 11.8. The summed E-state index contributed by atoms with van der Waals surface area (Å²) in [4.78, 5) is 34.9. The van der Waals surface area contributed by atoms with Gasteiger partial charge in [-0.05, 0) is 0 Å². The third kappa shape index (κ3) is 5.93. The number of hydrogen-bond donors (Lipinski definition) is 2. The Bertz CT molecular complexity index is 353. The molecule has 3 amide bonds. The standard InChI is InChI=1S/C11H18N2O5S/c1-7-3-13(4-8(2)19-7)11(17)12-9(14)5-18-6-10(15)16/h7-8H,3-6H2,1-2H3,(H,15,16)(H,12,14,17). The van der Waals surface area contributed by atoms with Crippen molar-refractivity contribution in [2.75, 3.05) is 26.3 Å². The topological polar surface area (TPSA) is 95.9 Å². The first-order valence-electron chi connectivity index (χ1n) is 5.92. The van der Waals surface area contributed by atoms with Crippen LogP contribution in [0.5, 0.6) is 0 Å². The molecule has 0 saturated carbocycles. The number of ether oxygens (including phenoxy) is 1. The van der Waals surface area contributed by atoms with Gasteiger partial charge in [0.05, 0.1) is 0 Å². The second kappa shape index (κ2) is 7.34. The van der Waals surface area contributed by atoms with Crippen molar-refractivity contribution in [3.8, 4) is 0 Å². The number of amides is 3. The van der Waals surface area contributed by atoms with Crippen LogP contribution in [0.4, 0.5) is 4.79 Å². The lowest BCUT2D eigenvalue weighted by atomic mass is 10.3. The van der Waals surface area contributed by atoms with Gasteiger partial charge in [0.15, 0.2) is 0 Å². The first kappa shape index (κ1) is 15.8. The summed E-state index contributed by atoms with van der Waals surface area (Å²) in [6.45, 7) is 4.23. The monoisotopic (exact) mass is 290 g/mol. The molecule has 2 unspecified atom stereocenters. The molecule has 1 heterocycles. The fraction of sp³-hybridized carbons (Fsp3) is 0.727. The number of urea groups is 1. The number of carboxylic acid groups (broad SMARTS) is 1. The van der Waals surface area contributed by atoms with Crippen molar-refractivity contribution >= 4 is 29.7 Å². The molecule has 1 aliphatic rings. The summed E-state index contributed by atoms with van der Waals surface area (Å²) in [5.41, 5.74) is 0. The van der Waals surface area contributed by atoms with Crippen molar-refractivity contribution in [3.05, 3.63) is 0 Å². The van der Waals surface area contributed by atoms with Crippen molar-refractivity contribution in [2.24, 2.45) is 0 Å². The van der Waals surface area contributed by atoms with Crippen LogP contribution in [0.3, 0.4) is 0 Å². The average molecular weight is 290 g/mol. The second-order valence-electron chi connectivity index (χ2n) is 4.40. The van der Waals surface area contributed by atoms with Gasteiger partial charge in [0.25, 0.3) is 5.91 Å². The van der Waals surface area contributed by atoms with Gasteiger partial charge in [-0.3, -0.25) is 10.1 Å². The molecule has 0 aromatic rings. The van der Waals surface area contributed by atoms with Gasteiger partial charge in [0.2, 0.25) is 0 Å². The molecular weight excluding hydrogens is 272 g/mol. The molecule has 7 nitrogen and oxygen atoms in total. The Kier molecular flexibility index (Phi) is 6.10. The minimum atomic E-state index is -1.16. The predicted molar refractivity (Wildman–Crippen MR) is 70.1 cm³/mol. The van der Waals surface area contributed by atoms with Gasteiger partial charge in [-0.15, -0.1) is 0 Å². The summed E-state index contributed by atoms with van der Waals surface area (Å²) in [7, 11) is 0. The Hall–Kier alpha value is -1.28. The van der Waals surface area contributed by atoms with E-state index in [1.54, 1.807) is 16.7 Å². The third-order valence-electron chi connectivity index (χ3n) is 2.41. The van der Waals surface area contributed by atoms with Crippen LogP contribution >= 0.6 is 11.8 Å². The highest BCUT2D eigenvalue weighted by Crippen LogP contribution is 2.24. The Morgan fingerprint density at radius 2 is 1.84 bits per heavy atom. The van der Waals surface area contributed by atoms with E-state index in [-0.39, 0.29) is 0 Å². The van der Waals surface area contributed by atoms with Crippen LogP contribution in [0.25, 0.3) is 0 Å². The number of carboxylic acids is 1. The van der Waals surface area contributed by atoms with Crippen LogP contribution in [0.15, 0.2) is 0 Å². The highest BCUT2D eigenvalue weighted by Gasteiger charge is 2.26. The van der Waals surface area contributed by atoms with E-state index in [0.29, 0.717) is 23.6 Å². The lowest BCUT2D eigenvalue weighted by Crippen LogP contribution is -2.50.